The highest BCUT2D eigenvalue weighted by Crippen LogP contribution is 2.38. The lowest BCUT2D eigenvalue weighted by molar-refractivity contribution is 0.269. The minimum Gasteiger partial charge on any atom is -0.312 e. The largest absolute Gasteiger partial charge is 0.312 e. The van der Waals surface area contributed by atoms with Gasteiger partial charge in [-0.2, -0.15) is 0 Å². The van der Waals surface area contributed by atoms with Crippen LogP contribution in [0.3, 0.4) is 0 Å². The van der Waals surface area contributed by atoms with Gasteiger partial charge in [0.05, 0.1) is 0 Å². The highest BCUT2D eigenvalue weighted by Gasteiger charge is 2.27. The summed E-state index contributed by atoms with van der Waals surface area (Å²) >= 11 is 0. The van der Waals surface area contributed by atoms with E-state index >= 15 is 0 Å². The Labute approximate surface area is 123 Å². The van der Waals surface area contributed by atoms with Crippen molar-refractivity contribution in [3.63, 3.8) is 0 Å². The topological polar surface area (TPSA) is 12.0 Å². The molecular formula is C18H28FN. The molecule has 0 aliphatic heterocycles. The van der Waals surface area contributed by atoms with Crippen LogP contribution in [0.25, 0.3) is 0 Å². The predicted molar refractivity (Wildman–Crippen MR) is 83.6 cm³/mol. The number of halogens is 1. The van der Waals surface area contributed by atoms with Crippen LogP contribution in [0.1, 0.15) is 63.5 Å². The van der Waals surface area contributed by atoms with Gasteiger partial charge in [0.2, 0.25) is 0 Å². The van der Waals surface area contributed by atoms with Crippen molar-refractivity contribution < 1.29 is 4.39 Å². The quantitative estimate of drug-likeness (QED) is 0.837. The van der Waals surface area contributed by atoms with E-state index in [1.165, 1.54) is 31.2 Å². The predicted octanol–water partition coefficient (Wildman–Crippen LogP) is 4.80. The van der Waals surface area contributed by atoms with E-state index < -0.39 is 0 Å². The lowest BCUT2D eigenvalue weighted by Crippen LogP contribution is -2.41. The third kappa shape index (κ3) is 4.05. The van der Waals surface area contributed by atoms with E-state index in [0.717, 1.165) is 12.1 Å². The van der Waals surface area contributed by atoms with E-state index in [9.17, 15) is 4.39 Å². The number of rotatable bonds is 3. The van der Waals surface area contributed by atoms with E-state index in [-0.39, 0.29) is 11.4 Å². The van der Waals surface area contributed by atoms with Crippen molar-refractivity contribution in [2.75, 3.05) is 6.54 Å². The molecule has 0 radical (unpaired) electrons. The molecule has 20 heavy (non-hydrogen) atoms. The van der Waals surface area contributed by atoms with Crippen LogP contribution in [0, 0.1) is 18.7 Å². The zero-order valence-electron chi connectivity index (χ0n) is 13.3. The molecule has 1 aliphatic rings. The number of benzene rings is 1. The van der Waals surface area contributed by atoms with E-state index in [0.29, 0.717) is 11.8 Å². The monoisotopic (exact) mass is 277 g/mol. The van der Waals surface area contributed by atoms with Crippen molar-refractivity contribution in [2.45, 2.75) is 64.8 Å². The zero-order chi connectivity index (χ0) is 14.8. The molecule has 0 amide bonds. The summed E-state index contributed by atoms with van der Waals surface area (Å²) in [6, 6.07) is 5.81. The van der Waals surface area contributed by atoms with E-state index in [2.05, 4.69) is 32.2 Å². The van der Waals surface area contributed by atoms with Crippen molar-refractivity contribution in [3.05, 3.63) is 35.1 Å². The van der Waals surface area contributed by atoms with Gasteiger partial charge in [0.15, 0.2) is 0 Å². The number of aryl methyl sites for hydroxylation is 1. The number of hydrogen-bond donors (Lipinski definition) is 1. The van der Waals surface area contributed by atoms with Crippen LogP contribution in [0.15, 0.2) is 18.2 Å². The lowest BCUT2D eigenvalue weighted by Gasteiger charge is -2.34. The van der Waals surface area contributed by atoms with Crippen molar-refractivity contribution in [3.8, 4) is 0 Å². The van der Waals surface area contributed by atoms with Gasteiger partial charge in [0.1, 0.15) is 5.82 Å². The Morgan fingerprint density at radius 2 is 1.90 bits per heavy atom. The summed E-state index contributed by atoms with van der Waals surface area (Å²) in [6.07, 6.45) is 5.02. The molecule has 2 unspecified atom stereocenters. The molecule has 0 heterocycles. The maximum Gasteiger partial charge on any atom is 0.126 e. The first-order chi connectivity index (χ1) is 9.37. The van der Waals surface area contributed by atoms with Crippen LogP contribution in [0.5, 0.6) is 0 Å². The smallest absolute Gasteiger partial charge is 0.126 e. The van der Waals surface area contributed by atoms with E-state index in [1.807, 2.05) is 13.0 Å². The summed E-state index contributed by atoms with van der Waals surface area (Å²) in [6.45, 7) is 9.48. The average molecular weight is 277 g/mol. The van der Waals surface area contributed by atoms with Crippen molar-refractivity contribution in [1.82, 2.24) is 5.32 Å². The van der Waals surface area contributed by atoms with Gasteiger partial charge in [0.25, 0.3) is 0 Å². The van der Waals surface area contributed by atoms with Gasteiger partial charge in [-0.1, -0.05) is 25.0 Å². The van der Waals surface area contributed by atoms with Gasteiger partial charge >= 0.3 is 0 Å². The fourth-order valence-corrected chi connectivity index (χ4v) is 3.17. The standard InChI is InChI=1S/C18H28FN/c1-13-9-10-14(11-17(13)19)16-8-6-5-7-15(16)12-20-18(2,3)4/h9-11,15-16,20H,5-8,12H2,1-4H3. The number of hydrogen-bond acceptors (Lipinski definition) is 1. The molecule has 1 aromatic rings. The normalized spacial score (nSPS) is 23.9. The molecule has 1 saturated carbocycles. The molecule has 2 heteroatoms. The molecule has 1 nitrogen and oxygen atoms in total. The number of nitrogens with one attached hydrogen (secondary N) is 1. The Morgan fingerprint density at radius 3 is 2.55 bits per heavy atom. The maximum atomic E-state index is 13.8. The summed E-state index contributed by atoms with van der Waals surface area (Å²) < 4.78 is 13.8. The molecule has 1 aliphatic carbocycles. The van der Waals surface area contributed by atoms with Crippen LogP contribution in [-0.2, 0) is 0 Å². The van der Waals surface area contributed by atoms with Crippen LogP contribution >= 0.6 is 0 Å². The second kappa shape index (κ2) is 6.26. The first-order valence-electron chi connectivity index (χ1n) is 7.88. The fraction of sp³-hybridized carbons (Fsp3) is 0.667. The van der Waals surface area contributed by atoms with E-state index in [4.69, 9.17) is 0 Å². The molecule has 2 atom stereocenters. The first kappa shape index (κ1) is 15.5. The molecule has 2 rings (SSSR count). The van der Waals surface area contributed by atoms with Gasteiger partial charge < -0.3 is 5.32 Å². The minimum absolute atomic E-state index is 0.0596. The van der Waals surface area contributed by atoms with Crippen LogP contribution in [-0.4, -0.2) is 12.1 Å². The highest BCUT2D eigenvalue weighted by atomic mass is 19.1. The van der Waals surface area contributed by atoms with Crippen LogP contribution in [0.2, 0.25) is 0 Å². The van der Waals surface area contributed by atoms with Gasteiger partial charge in [0, 0.05) is 5.54 Å². The maximum absolute atomic E-state index is 13.8. The van der Waals surface area contributed by atoms with Crippen molar-refractivity contribution in [2.24, 2.45) is 5.92 Å². The molecule has 1 aromatic carbocycles. The van der Waals surface area contributed by atoms with Crippen molar-refractivity contribution >= 4 is 0 Å². The fourth-order valence-electron chi connectivity index (χ4n) is 3.17. The summed E-state index contributed by atoms with van der Waals surface area (Å²) in [5, 5.41) is 3.62. The molecule has 0 spiro atoms. The summed E-state index contributed by atoms with van der Waals surface area (Å²) in [5.41, 5.74) is 2.09. The zero-order valence-corrected chi connectivity index (χ0v) is 13.3. The Bertz CT molecular complexity index is 447. The summed E-state index contributed by atoms with van der Waals surface area (Å²) in [5.74, 6) is 1.08. The molecule has 1 N–H and O–H groups in total. The van der Waals surface area contributed by atoms with Crippen LogP contribution in [0.4, 0.5) is 4.39 Å². The molecule has 0 aromatic heterocycles. The molecule has 1 fully saturated rings. The highest BCUT2D eigenvalue weighted by molar-refractivity contribution is 5.27. The Morgan fingerprint density at radius 1 is 1.20 bits per heavy atom. The Kier molecular flexibility index (Phi) is 4.85. The average Bonchev–Trinajstić information content (AvgIpc) is 2.39. The van der Waals surface area contributed by atoms with Crippen LogP contribution < -0.4 is 5.32 Å². The minimum atomic E-state index is -0.0596. The first-order valence-corrected chi connectivity index (χ1v) is 7.88. The molecule has 0 saturated heterocycles. The molecular weight excluding hydrogens is 249 g/mol. The summed E-state index contributed by atoms with van der Waals surface area (Å²) in [4.78, 5) is 0. The Hall–Kier alpha value is -0.890. The summed E-state index contributed by atoms with van der Waals surface area (Å²) in [7, 11) is 0. The van der Waals surface area contributed by atoms with Gasteiger partial charge in [-0.25, -0.2) is 4.39 Å². The lowest BCUT2D eigenvalue weighted by atomic mass is 9.75. The second-order valence-electron chi connectivity index (χ2n) is 7.29. The third-order valence-corrected chi connectivity index (χ3v) is 4.43. The second-order valence-corrected chi connectivity index (χ2v) is 7.29. The Balaban J connectivity index is 2.11. The van der Waals surface area contributed by atoms with Crippen molar-refractivity contribution in [1.29, 1.82) is 0 Å². The third-order valence-electron chi connectivity index (χ3n) is 4.43. The van der Waals surface area contributed by atoms with Gasteiger partial charge in [-0.15, -0.1) is 0 Å². The molecule has 0 bridgehead atoms. The SMILES string of the molecule is Cc1ccc(C2CCCCC2CNC(C)(C)C)cc1F. The molecule has 112 valence electrons. The van der Waals surface area contributed by atoms with Gasteiger partial charge in [-0.3, -0.25) is 0 Å². The van der Waals surface area contributed by atoms with Gasteiger partial charge in [-0.05, 0) is 76.1 Å². The van der Waals surface area contributed by atoms with E-state index in [1.54, 1.807) is 6.07 Å².